The lowest BCUT2D eigenvalue weighted by molar-refractivity contribution is 0.0725. The number of hydrogen-bond acceptors (Lipinski definition) is 4. The molecule has 0 aromatic heterocycles. The van der Waals surface area contributed by atoms with Gasteiger partial charge in [-0.1, -0.05) is 37.6 Å². The van der Waals surface area contributed by atoms with Gasteiger partial charge in [-0.3, -0.25) is 9.80 Å². The first kappa shape index (κ1) is 29.0. The van der Waals surface area contributed by atoms with Crippen LogP contribution >= 0.6 is 0 Å². The van der Waals surface area contributed by atoms with Crippen molar-refractivity contribution < 1.29 is 19.4 Å². The molecule has 1 aliphatic carbocycles. The number of fused-ring (bicyclic) bond motifs is 1. The molecule has 1 aliphatic heterocycles. The van der Waals surface area contributed by atoms with Crippen LogP contribution in [0.25, 0.3) is 5.57 Å². The Morgan fingerprint density at radius 3 is 2.59 bits per heavy atom. The fourth-order valence-corrected chi connectivity index (χ4v) is 6.19. The number of benzene rings is 2. The van der Waals surface area contributed by atoms with E-state index in [1.807, 2.05) is 20.8 Å². The van der Waals surface area contributed by atoms with Gasteiger partial charge in [0, 0.05) is 36.8 Å². The highest BCUT2D eigenvalue weighted by Gasteiger charge is 2.37. The molecule has 2 aromatic carbocycles. The molecule has 1 atom stereocenters. The minimum absolute atomic E-state index is 0.0454. The van der Waals surface area contributed by atoms with Gasteiger partial charge >= 0.3 is 6.09 Å². The van der Waals surface area contributed by atoms with Gasteiger partial charge < -0.3 is 14.6 Å². The first-order valence-electron chi connectivity index (χ1n) is 14.3. The average Bonchev–Trinajstić information content (AvgIpc) is 3.30. The van der Waals surface area contributed by atoms with E-state index in [2.05, 4.69) is 62.1 Å². The standard InChI is InChI=1S/C33H46N2O4/c1-22(2)16-24-8-9-27(31(17-24)38-7)21-39-29-12-13-30-23(3)26(11-10-25(30)18-29)19-34-15-14-28(20-34)35(32(36)37)33(4,5)6/h8-9,12-13,17-18,22,28H,10-11,14-16,19-21H2,1-7H3,(H,36,37)/t28-/m1/s1. The molecule has 1 fully saturated rings. The lowest BCUT2D eigenvalue weighted by atomic mass is 9.86. The Kier molecular flexibility index (Phi) is 8.95. The Hall–Kier alpha value is -2.99. The van der Waals surface area contributed by atoms with Gasteiger partial charge in [0.1, 0.15) is 18.1 Å². The summed E-state index contributed by atoms with van der Waals surface area (Å²) in [5, 5.41) is 9.80. The van der Waals surface area contributed by atoms with E-state index < -0.39 is 11.6 Å². The number of carbonyl (C=O) groups is 1. The monoisotopic (exact) mass is 534 g/mol. The maximum atomic E-state index is 11.9. The minimum Gasteiger partial charge on any atom is -0.496 e. The molecule has 1 saturated heterocycles. The van der Waals surface area contributed by atoms with Gasteiger partial charge in [0.2, 0.25) is 0 Å². The minimum atomic E-state index is -0.823. The van der Waals surface area contributed by atoms with Crippen LogP contribution in [-0.2, 0) is 19.4 Å². The molecule has 0 spiro atoms. The van der Waals surface area contributed by atoms with Crippen LogP contribution in [-0.4, -0.2) is 59.3 Å². The van der Waals surface area contributed by atoms with Crippen molar-refractivity contribution in [3.63, 3.8) is 0 Å². The van der Waals surface area contributed by atoms with Crippen LogP contribution in [0.2, 0.25) is 0 Å². The zero-order valence-electron chi connectivity index (χ0n) is 24.8. The summed E-state index contributed by atoms with van der Waals surface area (Å²) in [5.74, 6) is 2.37. The van der Waals surface area contributed by atoms with Crippen molar-refractivity contribution in [3.8, 4) is 11.5 Å². The van der Waals surface area contributed by atoms with Gasteiger partial charge in [-0.05, 0) is 99.8 Å². The summed E-state index contributed by atoms with van der Waals surface area (Å²) >= 11 is 0. The number of amides is 1. The zero-order valence-corrected chi connectivity index (χ0v) is 24.8. The summed E-state index contributed by atoms with van der Waals surface area (Å²) < 4.78 is 11.9. The van der Waals surface area contributed by atoms with Crippen molar-refractivity contribution in [2.24, 2.45) is 5.92 Å². The zero-order chi connectivity index (χ0) is 28.3. The highest BCUT2D eigenvalue weighted by molar-refractivity contribution is 5.72. The second-order valence-corrected chi connectivity index (χ2v) is 12.6. The molecule has 1 N–H and O–H groups in total. The van der Waals surface area contributed by atoms with E-state index >= 15 is 0 Å². The molecule has 0 radical (unpaired) electrons. The second kappa shape index (κ2) is 12.0. The molecule has 0 unspecified atom stereocenters. The van der Waals surface area contributed by atoms with Crippen molar-refractivity contribution in [1.29, 1.82) is 0 Å². The van der Waals surface area contributed by atoms with Gasteiger partial charge in [0.05, 0.1) is 7.11 Å². The Balaban J connectivity index is 1.40. The SMILES string of the molecule is COc1cc(CC(C)C)ccc1COc1ccc2c(c1)CCC(CN1CC[C@@H](N(C(=O)O)C(C)(C)C)C1)=C2C. The van der Waals surface area contributed by atoms with E-state index in [0.717, 1.165) is 62.4 Å². The number of methoxy groups -OCH3 is 1. The second-order valence-electron chi connectivity index (χ2n) is 12.6. The number of carboxylic acid groups (broad SMARTS) is 1. The van der Waals surface area contributed by atoms with E-state index in [4.69, 9.17) is 9.47 Å². The number of nitrogens with zero attached hydrogens (tertiary/aromatic N) is 2. The number of hydrogen-bond donors (Lipinski definition) is 1. The largest absolute Gasteiger partial charge is 0.496 e. The van der Waals surface area contributed by atoms with Crippen molar-refractivity contribution in [2.75, 3.05) is 26.7 Å². The maximum absolute atomic E-state index is 11.9. The Bertz CT molecular complexity index is 1210. The molecule has 0 bridgehead atoms. The van der Waals surface area contributed by atoms with Crippen molar-refractivity contribution in [3.05, 3.63) is 64.2 Å². The van der Waals surface area contributed by atoms with Crippen LogP contribution < -0.4 is 9.47 Å². The molecule has 4 rings (SSSR count). The van der Waals surface area contributed by atoms with Crippen LogP contribution in [0.1, 0.15) is 76.6 Å². The molecule has 6 nitrogen and oxygen atoms in total. The summed E-state index contributed by atoms with van der Waals surface area (Å²) in [4.78, 5) is 16.0. The maximum Gasteiger partial charge on any atom is 0.408 e. The van der Waals surface area contributed by atoms with E-state index in [-0.39, 0.29) is 6.04 Å². The average molecular weight is 535 g/mol. The first-order valence-corrected chi connectivity index (χ1v) is 14.3. The Morgan fingerprint density at radius 2 is 1.92 bits per heavy atom. The van der Waals surface area contributed by atoms with Gasteiger partial charge in [-0.15, -0.1) is 0 Å². The summed E-state index contributed by atoms with van der Waals surface area (Å²) in [6, 6.07) is 12.9. The number of rotatable bonds is 9. The van der Waals surface area contributed by atoms with Gasteiger partial charge in [0.25, 0.3) is 0 Å². The third kappa shape index (κ3) is 6.96. The third-order valence-electron chi connectivity index (χ3n) is 8.05. The van der Waals surface area contributed by atoms with E-state index in [9.17, 15) is 9.90 Å². The van der Waals surface area contributed by atoms with E-state index in [1.165, 1.54) is 27.8 Å². The topological polar surface area (TPSA) is 62.2 Å². The van der Waals surface area contributed by atoms with Crippen LogP contribution in [0, 0.1) is 5.92 Å². The van der Waals surface area contributed by atoms with Crippen LogP contribution in [0.5, 0.6) is 11.5 Å². The molecule has 0 saturated carbocycles. The summed E-state index contributed by atoms with van der Waals surface area (Å²) in [5.41, 5.74) is 7.38. The summed E-state index contributed by atoms with van der Waals surface area (Å²) in [7, 11) is 1.72. The molecule has 6 heteroatoms. The molecule has 1 heterocycles. The van der Waals surface area contributed by atoms with Crippen LogP contribution in [0.3, 0.4) is 0 Å². The van der Waals surface area contributed by atoms with E-state index in [1.54, 1.807) is 12.0 Å². The first-order chi connectivity index (χ1) is 18.5. The number of ether oxygens (including phenoxy) is 2. The van der Waals surface area contributed by atoms with Crippen LogP contribution in [0.4, 0.5) is 4.79 Å². The highest BCUT2D eigenvalue weighted by Crippen LogP contribution is 2.35. The van der Waals surface area contributed by atoms with E-state index in [0.29, 0.717) is 12.5 Å². The number of allylic oxidation sites excluding steroid dienone is 1. The molecule has 2 aromatic rings. The van der Waals surface area contributed by atoms with Gasteiger partial charge in [0.15, 0.2) is 0 Å². The number of aryl methyl sites for hydroxylation is 1. The van der Waals surface area contributed by atoms with Crippen molar-refractivity contribution >= 4 is 11.7 Å². The fourth-order valence-electron chi connectivity index (χ4n) is 6.19. The predicted molar refractivity (Wildman–Crippen MR) is 158 cm³/mol. The Labute approximate surface area is 234 Å². The molecule has 1 amide bonds. The fraction of sp³-hybridized carbons (Fsp3) is 0.545. The lowest BCUT2D eigenvalue weighted by Gasteiger charge is -2.38. The van der Waals surface area contributed by atoms with Gasteiger partial charge in [-0.25, -0.2) is 4.79 Å². The number of likely N-dealkylation sites (tertiary alicyclic amines) is 1. The molecular formula is C33H46N2O4. The molecule has 39 heavy (non-hydrogen) atoms. The smallest absolute Gasteiger partial charge is 0.408 e. The third-order valence-corrected chi connectivity index (χ3v) is 8.05. The molecular weight excluding hydrogens is 488 g/mol. The van der Waals surface area contributed by atoms with Crippen LogP contribution in [0.15, 0.2) is 42.0 Å². The highest BCUT2D eigenvalue weighted by atomic mass is 16.5. The van der Waals surface area contributed by atoms with Crippen molar-refractivity contribution in [2.45, 2.75) is 85.4 Å². The predicted octanol–water partition coefficient (Wildman–Crippen LogP) is 7.05. The van der Waals surface area contributed by atoms with Crippen molar-refractivity contribution in [1.82, 2.24) is 9.80 Å². The van der Waals surface area contributed by atoms with Gasteiger partial charge in [-0.2, -0.15) is 0 Å². The normalized spacial score (nSPS) is 17.9. The summed E-state index contributed by atoms with van der Waals surface area (Å²) in [6.07, 6.45) is 3.12. The summed E-state index contributed by atoms with van der Waals surface area (Å²) in [6.45, 7) is 15.7. The lowest BCUT2D eigenvalue weighted by Crippen LogP contribution is -2.52. The quantitative estimate of drug-likeness (QED) is 0.374. The molecule has 212 valence electrons. The molecule has 2 aliphatic rings. The Morgan fingerprint density at radius 1 is 1.15 bits per heavy atom.